The molecule has 1 fully saturated rings. The third-order valence-electron chi connectivity index (χ3n) is 4.63. The normalized spacial score (nSPS) is 15.5. The Morgan fingerprint density at radius 3 is 2.31 bits per heavy atom. The summed E-state index contributed by atoms with van der Waals surface area (Å²) in [6, 6.07) is 8.34. The van der Waals surface area contributed by atoms with Crippen molar-refractivity contribution in [1.29, 1.82) is 0 Å². The first kappa shape index (κ1) is 20.8. The molecule has 0 bridgehead atoms. The minimum absolute atomic E-state index is 0.138. The summed E-state index contributed by atoms with van der Waals surface area (Å²) in [5, 5.41) is 3.20. The summed E-state index contributed by atoms with van der Waals surface area (Å²) in [6.45, 7) is 5.15. The molecule has 1 aromatic carbocycles. The highest BCUT2D eigenvalue weighted by atomic mass is 19.4. The third-order valence-corrected chi connectivity index (χ3v) is 4.63. The summed E-state index contributed by atoms with van der Waals surface area (Å²) in [7, 11) is 0. The van der Waals surface area contributed by atoms with Crippen LogP contribution in [0.5, 0.6) is 0 Å². The number of hydrogen-bond acceptors (Lipinski definition) is 3. The Bertz CT molecular complexity index is 824. The van der Waals surface area contributed by atoms with E-state index in [2.05, 4.69) is 10.3 Å². The van der Waals surface area contributed by atoms with E-state index < -0.39 is 11.7 Å². The summed E-state index contributed by atoms with van der Waals surface area (Å²) in [5.74, 6) is 0.861. The number of piperazine rings is 1. The Morgan fingerprint density at radius 2 is 1.76 bits per heavy atom. The molecule has 2 aromatic rings. The number of nitrogens with one attached hydrogen (secondary N) is 1. The lowest BCUT2D eigenvalue weighted by Crippen LogP contribution is -2.53. The number of halogens is 3. The first-order valence-electron chi connectivity index (χ1n) is 9.40. The van der Waals surface area contributed by atoms with Crippen LogP contribution >= 0.6 is 0 Å². The fourth-order valence-electron chi connectivity index (χ4n) is 3.07. The molecular formula is C20H23F3N4O2. The lowest BCUT2D eigenvalue weighted by molar-refractivity contribution is -0.137. The van der Waals surface area contributed by atoms with E-state index in [1.165, 1.54) is 18.4 Å². The predicted molar refractivity (Wildman–Crippen MR) is 102 cm³/mol. The zero-order valence-electron chi connectivity index (χ0n) is 16.1. The first-order valence-corrected chi connectivity index (χ1v) is 9.40. The minimum Gasteiger partial charge on any atom is -0.459 e. The van der Waals surface area contributed by atoms with E-state index in [0.717, 1.165) is 12.1 Å². The number of benzene rings is 1. The van der Waals surface area contributed by atoms with Crippen molar-refractivity contribution in [1.82, 2.24) is 15.1 Å². The fourth-order valence-corrected chi connectivity index (χ4v) is 3.07. The first-order chi connectivity index (χ1) is 13.9. The van der Waals surface area contributed by atoms with Gasteiger partial charge in [-0.05, 0) is 36.8 Å². The quantitative estimate of drug-likeness (QED) is 0.623. The van der Waals surface area contributed by atoms with Gasteiger partial charge in [0.05, 0.1) is 18.4 Å². The largest absolute Gasteiger partial charge is 0.459 e. The van der Waals surface area contributed by atoms with Crippen LogP contribution in [-0.2, 0) is 12.7 Å². The highest BCUT2D eigenvalue weighted by Gasteiger charge is 2.30. The summed E-state index contributed by atoms with van der Waals surface area (Å²) in [4.78, 5) is 20.7. The number of rotatable bonds is 4. The van der Waals surface area contributed by atoms with Gasteiger partial charge in [-0.2, -0.15) is 13.2 Å². The average Bonchev–Trinajstić information content (AvgIpc) is 3.25. The van der Waals surface area contributed by atoms with Crippen molar-refractivity contribution in [2.75, 3.05) is 32.7 Å². The summed E-state index contributed by atoms with van der Waals surface area (Å²) in [5.41, 5.74) is 0.0227. The van der Waals surface area contributed by atoms with Crippen LogP contribution in [0.3, 0.4) is 0 Å². The van der Waals surface area contributed by atoms with E-state index in [1.54, 1.807) is 17.0 Å². The Hall–Kier alpha value is -2.97. The molecule has 1 aliphatic rings. The number of carbonyl (C=O) groups is 1. The molecule has 6 nitrogen and oxygen atoms in total. The zero-order chi connectivity index (χ0) is 20.9. The Balaban J connectivity index is 1.60. The van der Waals surface area contributed by atoms with E-state index in [0.29, 0.717) is 50.0 Å². The average molecular weight is 408 g/mol. The Labute approximate surface area is 167 Å². The maximum absolute atomic E-state index is 12.7. The number of guanidine groups is 1. The third kappa shape index (κ3) is 5.30. The van der Waals surface area contributed by atoms with Crippen LogP contribution in [0, 0.1) is 0 Å². The highest BCUT2D eigenvalue weighted by molar-refractivity contribution is 5.91. The number of hydrogen-bond donors (Lipinski definition) is 1. The maximum atomic E-state index is 12.7. The summed E-state index contributed by atoms with van der Waals surface area (Å²) < 4.78 is 43.2. The van der Waals surface area contributed by atoms with Gasteiger partial charge in [0.2, 0.25) is 0 Å². The lowest BCUT2D eigenvalue weighted by Gasteiger charge is -2.36. The van der Waals surface area contributed by atoms with Crippen molar-refractivity contribution in [3.8, 4) is 0 Å². The second-order valence-electron chi connectivity index (χ2n) is 6.62. The van der Waals surface area contributed by atoms with Crippen LogP contribution in [0.25, 0.3) is 0 Å². The Morgan fingerprint density at radius 1 is 1.10 bits per heavy atom. The van der Waals surface area contributed by atoms with Gasteiger partial charge in [0.25, 0.3) is 5.91 Å². The van der Waals surface area contributed by atoms with E-state index in [9.17, 15) is 18.0 Å². The molecule has 1 saturated heterocycles. The maximum Gasteiger partial charge on any atom is 0.416 e. The lowest BCUT2D eigenvalue weighted by atomic mass is 10.1. The molecule has 1 amide bonds. The van der Waals surface area contributed by atoms with Gasteiger partial charge in [0.1, 0.15) is 0 Å². The number of carbonyl (C=O) groups excluding carboxylic acids is 1. The van der Waals surface area contributed by atoms with E-state index in [4.69, 9.17) is 4.42 Å². The molecule has 0 radical (unpaired) electrons. The second kappa shape index (κ2) is 9.02. The smallest absolute Gasteiger partial charge is 0.416 e. The molecule has 3 rings (SSSR count). The van der Waals surface area contributed by atoms with Gasteiger partial charge < -0.3 is 19.5 Å². The molecular weight excluding hydrogens is 385 g/mol. The Kier molecular flexibility index (Phi) is 6.46. The van der Waals surface area contributed by atoms with Crippen molar-refractivity contribution in [2.45, 2.75) is 19.6 Å². The number of nitrogens with zero attached hydrogens (tertiary/aromatic N) is 3. The van der Waals surface area contributed by atoms with Gasteiger partial charge in [0.15, 0.2) is 11.7 Å². The fraction of sp³-hybridized carbons (Fsp3) is 0.400. The molecule has 0 aliphatic carbocycles. The van der Waals surface area contributed by atoms with Crippen molar-refractivity contribution < 1.29 is 22.4 Å². The SMILES string of the molecule is CCNC(=NCc1ccc(C(F)(F)F)cc1)N1CCN(C(=O)c2ccco2)CC1. The number of amides is 1. The van der Waals surface area contributed by atoms with Crippen LogP contribution in [0.1, 0.15) is 28.6 Å². The van der Waals surface area contributed by atoms with Crippen LogP contribution in [0.15, 0.2) is 52.1 Å². The highest BCUT2D eigenvalue weighted by Crippen LogP contribution is 2.29. The zero-order valence-corrected chi connectivity index (χ0v) is 16.1. The van der Waals surface area contributed by atoms with Crippen LogP contribution in [0.2, 0.25) is 0 Å². The monoisotopic (exact) mass is 408 g/mol. The summed E-state index contributed by atoms with van der Waals surface area (Å²) in [6.07, 6.45) is -2.87. The van der Waals surface area contributed by atoms with Crippen LogP contribution < -0.4 is 5.32 Å². The van der Waals surface area contributed by atoms with Gasteiger partial charge in [-0.15, -0.1) is 0 Å². The predicted octanol–water partition coefficient (Wildman–Crippen LogP) is 3.22. The van der Waals surface area contributed by atoms with E-state index >= 15 is 0 Å². The molecule has 0 saturated carbocycles. The molecule has 1 aromatic heterocycles. The second-order valence-corrected chi connectivity index (χ2v) is 6.62. The summed E-state index contributed by atoms with van der Waals surface area (Å²) >= 11 is 0. The van der Waals surface area contributed by atoms with Gasteiger partial charge in [0, 0.05) is 32.7 Å². The molecule has 0 atom stereocenters. The molecule has 2 heterocycles. The number of furan rings is 1. The van der Waals surface area contributed by atoms with Gasteiger partial charge in [-0.25, -0.2) is 4.99 Å². The van der Waals surface area contributed by atoms with E-state index in [-0.39, 0.29) is 12.5 Å². The van der Waals surface area contributed by atoms with E-state index in [1.807, 2.05) is 11.8 Å². The van der Waals surface area contributed by atoms with Crippen LogP contribution in [-0.4, -0.2) is 54.4 Å². The minimum atomic E-state index is -4.34. The van der Waals surface area contributed by atoms with Crippen molar-refractivity contribution in [3.63, 3.8) is 0 Å². The van der Waals surface area contributed by atoms with Crippen molar-refractivity contribution in [2.24, 2.45) is 4.99 Å². The van der Waals surface area contributed by atoms with Crippen molar-refractivity contribution >= 4 is 11.9 Å². The van der Waals surface area contributed by atoms with Crippen molar-refractivity contribution in [3.05, 3.63) is 59.5 Å². The van der Waals surface area contributed by atoms with Crippen LogP contribution in [0.4, 0.5) is 13.2 Å². The number of alkyl halides is 3. The standard InChI is InChI=1S/C20H23F3N4O2/c1-2-24-19(25-14-15-5-7-16(8-6-15)20(21,22)23)27-11-9-26(10-12-27)18(28)17-4-3-13-29-17/h3-8,13H,2,9-12,14H2,1H3,(H,24,25). The van der Waals surface area contributed by atoms with Gasteiger partial charge in [-0.1, -0.05) is 12.1 Å². The van der Waals surface area contributed by atoms with Gasteiger partial charge >= 0.3 is 6.18 Å². The molecule has 0 spiro atoms. The molecule has 0 unspecified atom stereocenters. The molecule has 9 heteroatoms. The topological polar surface area (TPSA) is 61.1 Å². The van der Waals surface area contributed by atoms with Gasteiger partial charge in [-0.3, -0.25) is 4.79 Å². The molecule has 29 heavy (non-hydrogen) atoms. The molecule has 156 valence electrons. The molecule has 1 aliphatic heterocycles. The number of aliphatic imine (C=N–C) groups is 1. The molecule has 1 N–H and O–H groups in total.